The number of halogens is 1. The molecular formula is C14H20BrN3O2. The number of nitrogens with two attached hydrogens (primary N) is 1. The van der Waals surface area contributed by atoms with E-state index in [-0.39, 0.29) is 12.0 Å². The van der Waals surface area contributed by atoms with Crippen LogP contribution < -0.4 is 11.3 Å². The summed E-state index contributed by atoms with van der Waals surface area (Å²) in [5.74, 6) is 4.89. The third kappa shape index (κ3) is 4.28. The molecule has 1 aromatic carbocycles. The Morgan fingerprint density at radius 2 is 2.15 bits per heavy atom. The average Bonchev–Trinajstić information content (AvgIpc) is 2.89. The van der Waals surface area contributed by atoms with Crippen molar-refractivity contribution in [2.45, 2.75) is 31.6 Å². The van der Waals surface area contributed by atoms with E-state index in [2.05, 4.69) is 45.4 Å². The normalized spacial score (nSPS) is 22.2. The number of hydrogen-bond donors (Lipinski definition) is 2. The number of benzene rings is 1. The van der Waals surface area contributed by atoms with Gasteiger partial charge in [0.15, 0.2) is 0 Å². The maximum atomic E-state index is 11.4. The largest absolute Gasteiger partial charge is 0.364 e. The number of rotatable bonds is 5. The second-order valence-electron chi connectivity index (χ2n) is 5.16. The van der Waals surface area contributed by atoms with Gasteiger partial charge in [-0.1, -0.05) is 28.1 Å². The van der Waals surface area contributed by atoms with E-state index in [1.807, 2.05) is 12.1 Å². The second-order valence-corrected chi connectivity index (χ2v) is 6.07. The molecule has 2 unspecified atom stereocenters. The summed E-state index contributed by atoms with van der Waals surface area (Å²) in [6.45, 7) is 1.67. The summed E-state index contributed by atoms with van der Waals surface area (Å²) in [5, 5.41) is 0. The Morgan fingerprint density at radius 1 is 1.45 bits per heavy atom. The van der Waals surface area contributed by atoms with Crippen LogP contribution in [0.3, 0.4) is 0 Å². The highest BCUT2D eigenvalue weighted by Crippen LogP contribution is 2.21. The first kappa shape index (κ1) is 15.4. The Morgan fingerprint density at radius 3 is 2.80 bits per heavy atom. The lowest BCUT2D eigenvalue weighted by molar-refractivity contribution is -0.132. The third-order valence-electron chi connectivity index (χ3n) is 3.42. The van der Waals surface area contributed by atoms with Gasteiger partial charge in [0.05, 0.1) is 6.10 Å². The number of ether oxygens (including phenoxy) is 1. The van der Waals surface area contributed by atoms with Crippen LogP contribution in [0.4, 0.5) is 0 Å². The minimum absolute atomic E-state index is 0.0951. The zero-order valence-corrected chi connectivity index (χ0v) is 13.1. The topological polar surface area (TPSA) is 67.6 Å². The van der Waals surface area contributed by atoms with E-state index < -0.39 is 6.10 Å². The van der Waals surface area contributed by atoms with Gasteiger partial charge >= 0.3 is 0 Å². The summed E-state index contributed by atoms with van der Waals surface area (Å²) in [6, 6.07) is 8.27. The van der Waals surface area contributed by atoms with Gasteiger partial charge in [-0.25, -0.2) is 5.84 Å². The monoisotopic (exact) mass is 341 g/mol. The number of amides is 1. The van der Waals surface area contributed by atoms with E-state index in [9.17, 15) is 4.79 Å². The van der Waals surface area contributed by atoms with Crippen molar-refractivity contribution in [2.75, 3.05) is 13.6 Å². The fraction of sp³-hybridized carbons (Fsp3) is 0.500. The molecule has 0 bridgehead atoms. The van der Waals surface area contributed by atoms with Gasteiger partial charge in [-0.2, -0.15) is 0 Å². The lowest BCUT2D eigenvalue weighted by atomic mass is 10.1. The first-order chi connectivity index (χ1) is 9.58. The van der Waals surface area contributed by atoms with E-state index in [1.54, 1.807) is 0 Å². The molecule has 0 aromatic heterocycles. The zero-order valence-electron chi connectivity index (χ0n) is 11.5. The number of likely N-dealkylation sites (N-methyl/N-ethyl adjacent to an activating group) is 1. The van der Waals surface area contributed by atoms with E-state index in [4.69, 9.17) is 10.6 Å². The molecule has 20 heavy (non-hydrogen) atoms. The van der Waals surface area contributed by atoms with Crippen molar-refractivity contribution in [3.8, 4) is 0 Å². The molecule has 2 rings (SSSR count). The Kier molecular flexibility index (Phi) is 5.54. The van der Waals surface area contributed by atoms with Crippen LogP contribution in [0.25, 0.3) is 0 Å². The van der Waals surface area contributed by atoms with Crippen molar-refractivity contribution in [3.63, 3.8) is 0 Å². The van der Waals surface area contributed by atoms with Gasteiger partial charge in [0.2, 0.25) is 0 Å². The molecule has 1 amide bonds. The summed E-state index contributed by atoms with van der Waals surface area (Å²) in [5.41, 5.74) is 3.40. The van der Waals surface area contributed by atoms with Crippen molar-refractivity contribution < 1.29 is 9.53 Å². The molecule has 2 atom stereocenters. The van der Waals surface area contributed by atoms with Crippen LogP contribution in [0, 0.1) is 0 Å². The van der Waals surface area contributed by atoms with Gasteiger partial charge in [0.1, 0.15) is 6.10 Å². The van der Waals surface area contributed by atoms with Crippen LogP contribution in [0.15, 0.2) is 28.7 Å². The Balaban J connectivity index is 1.79. The Hall–Kier alpha value is -0.950. The maximum absolute atomic E-state index is 11.4. The van der Waals surface area contributed by atoms with Crippen LogP contribution in [-0.4, -0.2) is 36.6 Å². The van der Waals surface area contributed by atoms with Crippen molar-refractivity contribution in [1.82, 2.24) is 10.3 Å². The molecule has 1 aromatic rings. The summed E-state index contributed by atoms with van der Waals surface area (Å²) in [4.78, 5) is 13.6. The van der Waals surface area contributed by atoms with Gasteiger partial charge < -0.3 is 4.74 Å². The number of hydrazine groups is 1. The smallest absolute Gasteiger partial charge is 0.263 e. The van der Waals surface area contributed by atoms with Crippen molar-refractivity contribution in [3.05, 3.63) is 34.3 Å². The fourth-order valence-electron chi connectivity index (χ4n) is 2.44. The van der Waals surface area contributed by atoms with Crippen LogP contribution in [-0.2, 0) is 16.1 Å². The first-order valence-electron chi connectivity index (χ1n) is 6.67. The van der Waals surface area contributed by atoms with Crippen LogP contribution >= 0.6 is 15.9 Å². The van der Waals surface area contributed by atoms with Gasteiger partial charge in [-0.3, -0.25) is 15.1 Å². The van der Waals surface area contributed by atoms with E-state index >= 15 is 0 Å². The van der Waals surface area contributed by atoms with Gasteiger partial charge in [0.25, 0.3) is 5.91 Å². The van der Waals surface area contributed by atoms with Crippen molar-refractivity contribution in [1.29, 1.82) is 0 Å². The Labute approximate surface area is 127 Å². The molecule has 1 fully saturated rings. The summed E-state index contributed by atoms with van der Waals surface area (Å²) < 4.78 is 6.78. The number of hydrogen-bond acceptors (Lipinski definition) is 4. The molecule has 1 saturated heterocycles. The zero-order chi connectivity index (χ0) is 14.5. The van der Waals surface area contributed by atoms with E-state index in [0.717, 1.165) is 30.4 Å². The highest BCUT2D eigenvalue weighted by molar-refractivity contribution is 9.10. The molecule has 1 aliphatic rings. The summed E-state index contributed by atoms with van der Waals surface area (Å²) in [7, 11) is 2.06. The van der Waals surface area contributed by atoms with E-state index in [0.29, 0.717) is 0 Å². The van der Waals surface area contributed by atoms with Gasteiger partial charge in [-0.05, 0) is 37.6 Å². The molecule has 3 N–H and O–H groups in total. The molecule has 6 heteroatoms. The summed E-state index contributed by atoms with van der Waals surface area (Å²) >= 11 is 3.43. The Bertz CT molecular complexity index is 452. The van der Waals surface area contributed by atoms with E-state index in [1.165, 1.54) is 5.56 Å². The van der Waals surface area contributed by atoms with Crippen molar-refractivity contribution >= 4 is 21.8 Å². The number of nitrogens with zero attached hydrogens (tertiary/aromatic N) is 1. The molecule has 0 spiro atoms. The summed E-state index contributed by atoms with van der Waals surface area (Å²) in [6.07, 6.45) is 1.33. The number of carbonyl (C=O) groups excluding carboxylic acids is 1. The quantitative estimate of drug-likeness (QED) is 0.483. The molecule has 1 aliphatic heterocycles. The molecule has 0 saturated carbocycles. The predicted molar refractivity (Wildman–Crippen MR) is 80.7 cm³/mol. The minimum Gasteiger partial charge on any atom is -0.364 e. The lowest BCUT2D eigenvalue weighted by Crippen LogP contribution is -2.39. The number of carbonyl (C=O) groups is 1. The standard InChI is InChI=1S/C14H20BrN3O2/c1-18(8-10-2-4-11(15)5-3-10)9-12-6-7-13(20-12)14(19)17-16/h2-5,12-13H,6-9,16H2,1H3,(H,17,19). The SMILES string of the molecule is CN(Cc1ccc(Br)cc1)CC1CCC(C(=O)NN)O1. The lowest BCUT2D eigenvalue weighted by Gasteiger charge is -2.21. The highest BCUT2D eigenvalue weighted by Gasteiger charge is 2.30. The molecular weight excluding hydrogens is 322 g/mol. The molecule has 5 nitrogen and oxygen atoms in total. The van der Waals surface area contributed by atoms with Crippen molar-refractivity contribution in [2.24, 2.45) is 5.84 Å². The molecule has 1 heterocycles. The maximum Gasteiger partial charge on any atom is 0.263 e. The molecule has 0 radical (unpaired) electrons. The van der Waals surface area contributed by atoms with Gasteiger partial charge in [-0.15, -0.1) is 0 Å². The first-order valence-corrected chi connectivity index (χ1v) is 7.46. The van der Waals surface area contributed by atoms with Crippen LogP contribution in [0.2, 0.25) is 0 Å². The third-order valence-corrected chi connectivity index (χ3v) is 3.95. The van der Waals surface area contributed by atoms with Gasteiger partial charge in [0, 0.05) is 17.6 Å². The molecule has 0 aliphatic carbocycles. The predicted octanol–water partition coefficient (Wildman–Crippen LogP) is 1.42. The van der Waals surface area contributed by atoms with Crippen LogP contribution in [0.1, 0.15) is 18.4 Å². The average molecular weight is 342 g/mol. The minimum atomic E-state index is -0.397. The second kappa shape index (κ2) is 7.17. The number of nitrogens with one attached hydrogen (secondary N) is 1. The molecule has 110 valence electrons. The fourth-order valence-corrected chi connectivity index (χ4v) is 2.70. The highest BCUT2D eigenvalue weighted by atomic mass is 79.9. The van der Waals surface area contributed by atoms with Crippen LogP contribution in [0.5, 0.6) is 0 Å².